The van der Waals surface area contributed by atoms with Gasteiger partial charge in [-0.2, -0.15) is 0 Å². The lowest BCUT2D eigenvalue weighted by atomic mass is 10.2. The third-order valence-corrected chi connectivity index (χ3v) is 3.71. The summed E-state index contributed by atoms with van der Waals surface area (Å²) in [5.41, 5.74) is 1.98. The Morgan fingerprint density at radius 2 is 1.58 bits per heavy atom. The van der Waals surface area contributed by atoms with Gasteiger partial charge in [-0.1, -0.05) is 0 Å². The number of hydrogen-bond acceptors (Lipinski definition) is 3. The molecule has 134 valence electrons. The monoisotopic (exact) mass is 334 g/mol. The summed E-state index contributed by atoms with van der Waals surface area (Å²) >= 11 is 0. The largest absolute Gasteiger partial charge is 0.372 e. The van der Waals surface area contributed by atoms with E-state index in [9.17, 15) is 9.59 Å². The molecule has 0 aliphatic carbocycles. The minimum atomic E-state index is -0.217. The maximum Gasteiger partial charge on any atom is 0.315 e. The number of carbonyl (C=O) groups is 2. The van der Waals surface area contributed by atoms with Crippen LogP contribution in [-0.4, -0.2) is 44.2 Å². The van der Waals surface area contributed by atoms with Crippen LogP contribution in [0.25, 0.3) is 0 Å². The summed E-state index contributed by atoms with van der Waals surface area (Å²) in [7, 11) is 0. The van der Waals surface area contributed by atoms with Crippen molar-refractivity contribution in [2.75, 3.05) is 36.0 Å². The minimum absolute atomic E-state index is 0.0448. The van der Waals surface area contributed by atoms with Gasteiger partial charge in [0, 0.05) is 50.5 Å². The number of nitrogens with zero attached hydrogens (tertiary/aromatic N) is 2. The van der Waals surface area contributed by atoms with Crippen LogP contribution in [0.15, 0.2) is 24.3 Å². The van der Waals surface area contributed by atoms with Gasteiger partial charge in [0.05, 0.1) is 0 Å². The molecular formula is C18H30N4O2. The maximum atomic E-state index is 11.9. The van der Waals surface area contributed by atoms with E-state index in [-0.39, 0.29) is 18.0 Å². The fraction of sp³-hybridized carbons (Fsp3) is 0.556. The first kappa shape index (κ1) is 19.8. The molecule has 1 rings (SSSR count). The lowest BCUT2D eigenvalue weighted by Crippen LogP contribution is -2.43. The van der Waals surface area contributed by atoms with Gasteiger partial charge < -0.3 is 20.4 Å². The first-order valence-corrected chi connectivity index (χ1v) is 8.56. The molecule has 0 aliphatic rings. The summed E-state index contributed by atoms with van der Waals surface area (Å²) in [4.78, 5) is 27.4. The van der Waals surface area contributed by atoms with Crippen LogP contribution in [0.4, 0.5) is 16.2 Å². The van der Waals surface area contributed by atoms with E-state index in [1.54, 1.807) is 4.90 Å². The average molecular weight is 334 g/mol. The second kappa shape index (κ2) is 9.80. The smallest absolute Gasteiger partial charge is 0.315 e. The molecule has 2 N–H and O–H groups in total. The Morgan fingerprint density at radius 1 is 1.04 bits per heavy atom. The zero-order chi connectivity index (χ0) is 18.1. The molecule has 0 aliphatic heterocycles. The molecule has 0 spiro atoms. The number of hydrogen-bond donors (Lipinski definition) is 2. The van der Waals surface area contributed by atoms with Gasteiger partial charge in [0.25, 0.3) is 0 Å². The van der Waals surface area contributed by atoms with Crippen LogP contribution >= 0.6 is 0 Å². The van der Waals surface area contributed by atoms with Crippen LogP contribution in [0, 0.1) is 0 Å². The molecule has 0 bridgehead atoms. The van der Waals surface area contributed by atoms with Crippen molar-refractivity contribution in [1.29, 1.82) is 0 Å². The lowest BCUT2D eigenvalue weighted by Gasteiger charge is -2.24. The first-order chi connectivity index (χ1) is 11.4. The van der Waals surface area contributed by atoms with Crippen molar-refractivity contribution < 1.29 is 9.59 Å². The van der Waals surface area contributed by atoms with Crippen molar-refractivity contribution in [3.8, 4) is 0 Å². The highest BCUT2D eigenvalue weighted by molar-refractivity contribution is 5.91. The quantitative estimate of drug-likeness (QED) is 0.768. The molecule has 1 aromatic carbocycles. The van der Waals surface area contributed by atoms with E-state index in [2.05, 4.69) is 29.4 Å². The number of benzene rings is 1. The van der Waals surface area contributed by atoms with E-state index in [0.717, 1.165) is 24.5 Å². The van der Waals surface area contributed by atoms with Gasteiger partial charge in [0.15, 0.2) is 0 Å². The molecule has 0 saturated carbocycles. The zero-order valence-corrected chi connectivity index (χ0v) is 15.4. The Hall–Kier alpha value is -2.24. The molecule has 0 heterocycles. The Bertz CT molecular complexity index is 524. The molecule has 0 fully saturated rings. The van der Waals surface area contributed by atoms with E-state index >= 15 is 0 Å². The number of anilines is 2. The molecule has 1 aromatic rings. The van der Waals surface area contributed by atoms with E-state index in [1.165, 1.54) is 6.92 Å². The SMILES string of the molecule is CCN(CC)c1ccc(N(CCNC(=O)NC(C)C)C(C)=O)cc1. The van der Waals surface area contributed by atoms with Crippen molar-refractivity contribution >= 4 is 23.3 Å². The van der Waals surface area contributed by atoms with Crippen molar-refractivity contribution in [3.05, 3.63) is 24.3 Å². The van der Waals surface area contributed by atoms with Gasteiger partial charge in [0.1, 0.15) is 0 Å². The van der Waals surface area contributed by atoms with Crippen LogP contribution in [-0.2, 0) is 4.79 Å². The number of carbonyl (C=O) groups excluding carboxylic acids is 2. The van der Waals surface area contributed by atoms with Crippen LogP contribution < -0.4 is 20.4 Å². The molecule has 6 nitrogen and oxygen atoms in total. The molecule has 0 aromatic heterocycles. The summed E-state index contributed by atoms with van der Waals surface area (Å²) in [6.07, 6.45) is 0. The number of urea groups is 1. The summed E-state index contributed by atoms with van der Waals surface area (Å²) in [5, 5.41) is 5.52. The minimum Gasteiger partial charge on any atom is -0.372 e. The van der Waals surface area contributed by atoms with Crippen LogP contribution in [0.3, 0.4) is 0 Å². The molecular weight excluding hydrogens is 304 g/mol. The Balaban J connectivity index is 2.68. The number of rotatable bonds is 8. The van der Waals surface area contributed by atoms with E-state index < -0.39 is 0 Å². The van der Waals surface area contributed by atoms with Crippen LogP contribution in [0.5, 0.6) is 0 Å². The van der Waals surface area contributed by atoms with E-state index in [1.807, 2.05) is 38.1 Å². The van der Waals surface area contributed by atoms with Crippen molar-refractivity contribution in [3.63, 3.8) is 0 Å². The van der Waals surface area contributed by atoms with Crippen molar-refractivity contribution in [1.82, 2.24) is 10.6 Å². The van der Waals surface area contributed by atoms with Gasteiger partial charge in [-0.15, -0.1) is 0 Å². The van der Waals surface area contributed by atoms with Gasteiger partial charge in [-0.3, -0.25) is 4.79 Å². The number of amides is 3. The molecule has 0 atom stereocenters. The first-order valence-electron chi connectivity index (χ1n) is 8.56. The lowest BCUT2D eigenvalue weighted by molar-refractivity contribution is -0.116. The summed E-state index contributed by atoms with van der Waals surface area (Å²) in [5.74, 6) is -0.0448. The fourth-order valence-electron chi connectivity index (χ4n) is 2.49. The maximum absolute atomic E-state index is 11.9. The number of nitrogens with one attached hydrogen (secondary N) is 2. The highest BCUT2D eigenvalue weighted by Gasteiger charge is 2.12. The zero-order valence-electron chi connectivity index (χ0n) is 15.4. The van der Waals surface area contributed by atoms with E-state index in [0.29, 0.717) is 13.1 Å². The van der Waals surface area contributed by atoms with Crippen molar-refractivity contribution in [2.24, 2.45) is 0 Å². The predicted octanol–water partition coefficient (Wildman–Crippen LogP) is 2.59. The Kier molecular flexibility index (Phi) is 8.09. The van der Waals surface area contributed by atoms with Gasteiger partial charge in [0.2, 0.25) is 5.91 Å². The van der Waals surface area contributed by atoms with Gasteiger partial charge in [-0.05, 0) is 52.0 Å². The van der Waals surface area contributed by atoms with Gasteiger partial charge >= 0.3 is 6.03 Å². The average Bonchev–Trinajstić information content (AvgIpc) is 2.52. The third kappa shape index (κ3) is 6.10. The molecule has 0 radical (unpaired) electrons. The predicted molar refractivity (Wildman–Crippen MR) is 99.7 cm³/mol. The molecule has 0 saturated heterocycles. The highest BCUT2D eigenvalue weighted by Crippen LogP contribution is 2.20. The van der Waals surface area contributed by atoms with E-state index in [4.69, 9.17) is 0 Å². The molecule has 6 heteroatoms. The molecule has 0 unspecified atom stereocenters. The second-order valence-electron chi connectivity index (χ2n) is 5.91. The fourth-order valence-corrected chi connectivity index (χ4v) is 2.49. The topological polar surface area (TPSA) is 64.7 Å². The Labute approximate surface area is 145 Å². The molecule has 3 amide bonds. The van der Waals surface area contributed by atoms with Crippen molar-refractivity contribution in [2.45, 2.75) is 40.7 Å². The van der Waals surface area contributed by atoms with Crippen LogP contribution in [0.2, 0.25) is 0 Å². The summed E-state index contributed by atoms with van der Waals surface area (Å²) < 4.78 is 0. The third-order valence-electron chi connectivity index (χ3n) is 3.71. The Morgan fingerprint density at radius 3 is 2.04 bits per heavy atom. The molecule has 24 heavy (non-hydrogen) atoms. The summed E-state index contributed by atoms with van der Waals surface area (Å²) in [6.45, 7) is 12.3. The summed E-state index contributed by atoms with van der Waals surface area (Å²) in [6, 6.07) is 7.81. The standard InChI is InChI=1S/C18H30N4O2/c1-6-21(7-2)16-8-10-17(11-9-16)22(15(5)23)13-12-19-18(24)20-14(3)4/h8-11,14H,6-7,12-13H2,1-5H3,(H2,19,20,24). The second-order valence-corrected chi connectivity index (χ2v) is 5.91. The van der Waals surface area contributed by atoms with Gasteiger partial charge in [-0.25, -0.2) is 4.79 Å². The van der Waals surface area contributed by atoms with Crippen LogP contribution in [0.1, 0.15) is 34.6 Å². The normalized spacial score (nSPS) is 10.4. The highest BCUT2D eigenvalue weighted by atomic mass is 16.2.